The van der Waals surface area contributed by atoms with Gasteiger partial charge in [0.25, 0.3) is 5.91 Å². The van der Waals surface area contributed by atoms with Crippen LogP contribution in [0, 0.1) is 0 Å². The zero-order valence-corrected chi connectivity index (χ0v) is 13.2. The second-order valence-electron chi connectivity index (χ2n) is 6.02. The maximum Gasteiger partial charge on any atom is 0.253 e. The summed E-state index contributed by atoms with van der Waals surface area (Å²) < 4.78 is 5.37. The van der Waals surface area contributed by atoms with E-state index in [0.29, 0.717) is 6.04 Å². The molecule has 4 heteroatoms. The molecule has 1 aliphatic rings. The summed E-state index contributed by atoms with van der Waals surface area (Å²) in [6.45, 7) is 1.92. The molecule has 0 bridgehead atoms. The first kappa shape index (κ1) is 14.9. The van der Waals surface area contributed by atoms with Crippen LogP contribution in [0.3, 0.4) is 0 Å². The van der Waals surface area contributed by atoms with Crippen LogP contribution in [0.5, 0.6) is 0 Å². The molecule has 0 spiro atoms. The topological polar surface area (TPSA) is 36.7 Å². The third-order valence-corrected chi connectivity index (χ3v) is 4.44. The van der Waals surface area contributed by atoms with Gasteiger partial charge in [0.2, 0.25) is 0 Å². The predicted octanol–water partition coefficient (Wildman–Crippen LogP) is 3.11. The Hall–Kier alpha value is -2.07. The number of rotatable bonds is 4. The van der Waals surface area contributed by atoms with Gasteiger partial charge < -0.3 is 14.2 Å². The van der Waals surface area contributed by atoms with Gasteiger partial charge in [0.05, 0.1) is 6.26 Å². The highest BCUT2D eigenvalue weighted by Crippen LogP contribution is 2.21. The highest BCUT2D eigenvalue weighted by molar-refractivity contribution is 5.94. The Kier molecular flexibility index (Phi) is 4.29. The Labute approximate surface area is 131 Å². The first-order valence-corrected chi connectivity index (χ1v) is 7.75. The second kappa shape index (κ2) is 6.36. The maximum atomic E-state index is 12.5. The number of amides is 1. The zero-order chi connectivity index (χ0) is 15.5. The molecule has 1 fully saturated rings. The number of likely N-dealkylation sites (N-methyl/N-ethyl adjacent to an activating group) is 2. The fraction of sp³-hybridized carbons (Fsp3) is 0.389. The molecule has 1 atom stereocenters. The molecular formula is C18H22N2O2. The third-order valence-electron chi connectivity index (χ3n) is 4.44. The molecule has 0 N–H and O–H groups in total. The van der Waals surface area contributed by atoms with Gasteiger partial charge in [0.1, 0.15) is 5.76 Å². The lowest BCUT2D eigenvalue weighted by Crippen LogP contribution is -2.39. The Balaban J connectivity index is 1.66. The van der Waals surface area contributed by atoms with E-state index in [1.54, 1.807) is 6.26 Å². The molecule has 2 heterocycles. The highest BCUT2D eigenvalue weighted by Gasteiger charge is 2.24. The molecule has 0 unspecified atom stereocenters. The van der Waals surface area contributed by atoms with Gasteiger partial charge in [-0.25, -0.2) is 0 Å². The van der Waals surface area contributed by atoms with Crippen LogP contribution < -0.4 is 0 Å². The molecule has 116 valence electrons. The molecule has 1 aromatic heterocycles. The van der Waals surface area contributed by atoms with Crippen molar-refractivity contribution in [2.24, 2.45) is 0 Å². The fourth-order valence-corrected chi connectivity index (χ4v) is 3.05. The van der Waals surface area contributed by atoms with E-state index >= 15 is 0 Å². The van der Waals surface area contributed by atoms with Gasteiger partial charge in [-0.05, 0) is 50.7 Å². The summed E-state index contributed by atoms with van der Waals surface area (Å²) in [5.74, 6) is 0.895. The minimum atomic E-state index is 0.0753. The molecule has 0 radical (unpaired) electrons. The van der Waals surface area contributed by atoms with Crippen LogP contribution in [0.1, 0.15) is 23.2 Å². The van der Waals surface area contributed by atoms with E-state index in [1.807, 2.05) is 48.3 Å². The molecule has 1 aliphatic heterocycles. The normalized spacial score (nSPS) is 18.5. The van der Waals surface area contributed by atoms with E-state index in [9.17, 15) is 4.79 Å². The second-order valence-corrected chi connectivity index (χ2v) is 6.02. The minimum Gasteiger partial charge on any atom is -0.464 e. The van der Waals surface area contributed by atoms with E-state index in [2.05, 4.69) is 11.9 Å². The summed E-state index contributed by atoms with van der Waals surface area (Å²) in [5.41, 5.74) is 1.71. The Bertz CT molecular complexity index is 619. The molecular weight excluding hydrogens is 276 g/mol. The van der Waals surface area contributed by atoms with E-state index in [0.717, 1.165) is 30.0 Å². The van der Waals surface area contributed by atoms with Crippen LogP contribution in [0.4, 0.5) is 0 Å². The average Bonchev–Trinajstić information content (AvgIpc) is 3.19. The molecule has 3 rings (SSSR count). The number of benzene rings is 1. The van der Waals surface area contributed by atoms with E-state index in [4.69, 9.17) is 4.42 Å². The van der Waals surface area contributed by atoms with Crippen LogP contribution in [-0.4, -0.2) is 48.9 Å². The Morgan fingerprint density at radius 2 is 2.09 bits per heavy atom. The zero-order valence-electron chi connectivity index (χ0n) is 13.2. The number of carbonyl (C=O) groups is 1. The van der Waals surface area contributed by atoms with Crippen LogP contribution in [0.2, 0.25) is 0 Å². The van der Waals surface area contributed by atoms with Gasteiger partial charge in [-0.1, -0.05) is 12.1 Å². The molecule has 2 aromatic rings. The largest absolute Gasteiger partial charge is 0.464 e. The standard InChI is InChI=1S/C18H22N2O2/c1-19-11-3-5-16(19)13-20(2)18(21)15-9-7-14(8-10-15)17-6-4-12-22-17/h4,6-10,12,16H,3,5,11,13H2,1-2H3/t16-/m0/s1. The monoisotopic (exact) mass is 298 g/mol. The molecule has 0 saturated carbocycles. The summed E-state index contributed by atoms with van der Waals surface area (Å²) in [6.07, 6.45) is 4.05. The lowest BCUT2D eigenvalue weighted by molar-refractivity contribution is 0.0761. The molecule has 22 heavy (non-hydrogen) atoms. The number of hydrogen-bond donors (Lipinski definition) is 0. The summed E-state index contributed by atoms with van der Waals surface area (Å²) in [5, 5.41) is 0. The van der Waals surface area contributed by atoms with E-state index in [1.165, 1.54) is 12.8 Å². The van der Waals surface area contributed by atoms with Crippen molar-refractivity contribution in [2.75, 3.05) is 27.2 Å². The van der Waals surface area contributed by atoms with Crippen molar-refractivity contribution in [1.29, 1.82) is 0 Å². The Morgan fingerprint density at radius 1 is 1.32 bits per heavy atom. The first-order chi connectivity index (χ1) is 10.6. The van der Waals surface area contributed by atoms with Crippen LogP contribution in [0.15, 0.2) is 47.1 Å². The van der Waals surface area contributed by atoms with E-state index in [-0.39, 0.29) is 5.91 Å². The van der Waals surface area contributed by atoms with Gasteiger partial charge in [0, 0.05) is 30.8 Å². The summed E-state index contributed by atoms with van der Waals surface area (Å²) >= 11 is 0. The summed E-state index contributed by atoms with van der Waals surface area (Å²) in [6, 6.07) is 11.9. The fourth-order valence-electron chi connectivity index (χ4n) is 3.05. The molecule has 1 aromatic carbocycles. The Morgan fingerprint density at radius 3 is 2.68 bits per heavy atom. The molecule has 1 amide bonds. The lowest BCUT2D eigenvalue weighted by atomic mass is 10.1. The van der Waals surface area contributed by atoms with Crippen molar-refractivity contribution in [2.45, 2.75) is 18.9 Å². The smallest absolute Gasteiger partial charge is 0.253 e. The summed E-state index contributed by atoms with van der Waals surface area (Å²) in [4.78, 5) is 16.7. The van der Waals surface area contributed by atoms with Crippen molar-refractivity contribution in [1.82, 2.24) is 9.80 Å². The quantitative estimate of drug-likeness (QED) is 0.870. The van der Waals surface area contributed by atoms with Crippen molar-refractivity contribution in [3.8, 4) is 11.3 Å². The number of nitrogens with zero attached hydrogens (tertiary/aromatic N) is 2. The minimum absolute atomic E-state index is 0.0753. The lowest BCUT2D eigenvalue weighted by Gasteiger charge is -2.26. The number of carbonyl (C=O) groups excluding carboxylic acids is 1. The summed E-state index contributed by atoms with van der Waals surface area (Å²) in [7, 11) is 4.02. The van der Waals surface area contributed by atoms with E-state index < -0.39 is 0 Å². The van der Waals surface area contributed by atoms with Gasteiger partial charge in [-0.3, -0.25) is 4.79 Å². The number of furan rings is 1. The molecule has 1 saturated heterocycles. The van der Waals surface area contributed by atoms with Crippen molar-refractivity contribution >= 4 is 5.91 Å². The van der Waals surface area contributed by atoms with Crippen molar-refractivity contribution in [3.63, 3.8) is 0 Å². The highest BCUT2D eigenvalue weighted by atomic mass is 16.3. The predicted molar refractivity (Wildman–Crippen MR) is 86.8 cm³/mol. The van der Waals surface area contributed by atoms with Gasteiger partial charge in [0.15, 0.2) is 0 Å². The van der Waals surface area contributed by atoms with Crippen molar-refractivity contribution < 1.29 is 9.21 Å². The van der Waals surface area contributed by atoms with Gasteiger partial charge >= 0.3 is 0 Å². The van der Waals surface area contributed by atoms with Gasteiger partial charge in [-0.15, -0.1) is 0 Å². The molecule has 4 nitrogen and oxygen atoms in total. The third kappa shape index (κ3) is 3.07. The first-order valence-electron chi connectivity index (χ1n) is 7.75. The van der Waals surface area contributed by atoms with Crippen LogP contribution >= 0.6 is 0 Å². The number of hydrogen-bond acceptors (Lipinski definition) is 3. The average molecular weight is 298 g/mol. The maximum absolute atomic E-state index is 12.5. The molecule has 0 aliphatic carbocycles. The van der Waals surface area contributed by atoms with Gasteiger partial charge in [-0.2, -0.15) is 0 Å². The van der Waals surface area contributed by atoms with Crippen molar-refractivity contribution in [3.05, 3.63) is 48.2 Å². The van der Waals surface area contributed by atoms with Crippen LogP contribution in [-0.2, 0) is 0 Å². The SMILES string of the molecule is CN(C[C@@H]1CCCN1C)C(=O)c1ccc(-c2ccco2)cc1. The van der Waals surface area contributed by atoms with Crippen LogP contribution in [0.25, 0.3) is 11.3 Å². The number of likely N-dealkylation sites (tertiary alicyclic amines) is 1.